The minimum atomic E-state index is -0.221. The highest BCUT2D eigenvalue weighted by Crippen LogP contribution is 2.24. The van der Waals surface area contributed by atoms with E-state index in [0.29, 0.717) is 23.7 Å². The zero-order chi connectivity index (χ0) is 15.0. The number of nitrogens with one attached hydrogen (secondary N) is 2. The highest BCUT2D eigenvalue weighted by molar-refractivity contribution is 5.93. The minimum Gasteiger partial charge on any atom is -0.495 e. The first-order chi connectivity index (χ1) is 9.56. The number of anilines is 2. The Morgan fingerprint density at radius 3 is 2.48 bits per heavy atom. The van der Waals surface area contributed by atoms with Crippen LogP contribution in [0.4, 0.5) is 11.4 Å². The Labute approximate surface area is 130 Å². The second kappa shape index (κ2) is 9.88. The molecule has 0 atom stereocenters. The summed E-state index contributed by atoms with van der Waals surface area (Å²) in [7, 11) is 1.53. The number of amides is 2. The summed E-state index contributed by atoms with van der Waals surface area (Å²) in [4.78, 5) is 23.1. The lowest BCUT2D eigenvalue weighted by Gasteiger charge is -2.09. The Morgan fingerprint density at radius 2 is 1.90 bits per heavy atom. The minimum absolute atomic E-state index is 0. The SMILES string of the molecule is CCCNC(=O)CCC(=O)Nc1ccc(OC)c(N)c1.Cl. The van der Waals surface area contributed by atoms with Crippen LogP contribution in [-0.2, 0) is 9.59 Å². The molecule has 0 fully saturated rings. The lowest BCUT2D eigenvalue weighted by molar-refractivity contribution is -0.124. The van der Waals surface area contributed by atoms with Crippen LogP contribution in [0.5, 0.6) is 5.75 Å². The van der Waals surface area contributed by atoms with E-state index in [9.17, 15) is 9.59 Å². The number of methoxy groups -OCH3 is 1. The molecule has 0 saturated carbocycles. The van der Waals surface area contributed by atoms with Crippen molar-refractivity contribution in [3.63, 3.8) is 0 Å². The summed E-state index contributed by atoms with van der Waals surface area (Å²) >= 11 is 0. The summed E-state index contributed by atoms with van der Waals surface area (Å²) in [5.41, 5.74) is 6.78. The average molecular weight is 316 g/mol. The maximum absolute atomic E-state index is 11.7. The molecule has 0 aromatic heterocycles. The van der Waals surface area contributed by atoms with Crippen molar-refractivity contribution in [2.24, 2.45) is 0 Å². The highest BCUT2D eigenvalue weighted by atomic mass is 35.5. The van der Waals surface area contributed by atoms with Crippen molar-refractivity contribution in [3.05, 3.63) is 18.2 Å². The van der Waals surface area contributed by atoms with Crippen molar-refractivity contribution in [2.45, 2.75) is 26.2 Å². The summed E-state index contributed by atoms with van der Waals surface area (Å²) < 4.78 is 5.03. The molecule has 0 bridgehead atoms. The molecule has 1 aromatic carbocycles. The van der Waals surface area contributed by atoms with E-state index in [1.807, 2.05) is 6.92 Å². The van der Waals surface area contributed by atoms with Crippen LogP contribution in [0.1, 0.15) is 26.2 Å². The molecule has 2 amide bonds. The fourth-order valence-corrected chi connectivity index (χ4v) is 1.62. The van der Waals surface area contributed by atoms with E-state index >= 15 is 0 Å². The monoisotopic (exact) mass is 315 g/mol. The van der Waals surface area contributed by atoms with Gasteiger partial charge in [-0.1, -0.05) is 6.92 Å². The largest absolute Gasteiger partial charge is 0.495 e. The topological polar surface area (TPSA) is 93.5 Å². The molecule has 4 N–H and O–H groups in total. The fraction of sp³-hybridized carbons (Fsp3) is 0.429. The van der Waals surface area contributed by atoms with Crippen molar-refractivity contribution in [1.82, 2.24) is 5.32 Å². The van der Waals surface area contributed by atoms with Gasteiger partial charge in [0.15, 0.2) is 0 Å². The summed E-state index contributed by atoms with van der Waals surface area (Å²) in [5, 5.41) is 5.41. The Kier molecular flexibility index (Phi) is 8.96. The maximum atomic E-state index is 11.7. The van der Waals surface area contributed by atoms with Gasteiger partial charge in [-0.05, 0) is 24.6 Å². The number of halogens is 1. The third kappa shape index (κ3) is 6.85. The second-order valence-corrected chi connectivity index (χ2v) is 4.35. The molecule has 0 aliphatic carbocycles. The molecule has 0 heterocycles. The molecule has 7 heteroatoms. The van der Waals surface area contributed by atoms with Crippen LogP contribution < -0.4 is 21.1 Å². The predicted octanol–water partition coefficient (Wildman–Crippen LogP) is 1.94. The van der Waals surface area contributed by atoms with Crippen molar-refractivity contribution in [3.8, 4) is 5.75 Å². The van der Waals surface area contributed by atoms with Crippen LogP contribution in [0.15, 0.2) is 18.2 Å². The Bertz CT molecular complexity index is 481. The van der Waals surface area contributed by atoms with E-state index in [4.69, 9.17) is 10.5 Å². The number of ether oxygens (including phenoxy) is 1. The lowest BCUT2D eigenvalue weighted by atomic mass is 10.2. The molecule has 0 aliphatic heterocycles. The van der Waals surface area contributed by atoms with Crippen molar-refractivity contribution < 1.29 is 14.3 Å². The first-order valence-electron chi connectivity index (χ1n) is 6.57. The number of rotatable bonds is 7. The van der Waals surface area contributed by atoms with Crippen LogP contribution in [0, 0.1) is 0 Å². The number of carbonyl (C=O) groups excluding carboxylic acids is 2. The number of hydrogen-bond acceptors (Lipinski definition) is 4. The molecule has 0 aliphatic rings. The van der Waals surface area contributed by atoms with Gasteiger partial charge in [0.1, 0.15) is 5.75 Å². The molecule has 0 radical (unpaired) electrons. The van der Waals surface area contributed by atoms with Crippen molar-refractivity contribution >= 4 is 35.6 Å². The summed E-state index contributed by atoms with van der Waals surface area (Å²) in [6.07, 6.45) is 1.20. The van der Waals surface area contributed by atoms with Crippen LogP contribution in [0.25, 0.3) is 0 Å². The number of carbonyl (C=O) groups is 2. The van der Waals surface area contributed by atoms with Gasteiger partial charge in [-0.25, -0.2) is 0 Å². The first-order valence-corrected chi connectivity index (χ1v) is 6.57. The number of benzene rings is 1. The molecule has 1 aromatic rings. The predicted molar refractivity (Wildman–Crippen MR) is 85.8 cm³/mol. The molecule has 6 nitrogen and oxygen atoms in total. The Hall–Kier alpha value is -1.95. The molecule has 21 heavy (non-hydrogen) atoms. The van der Waals surface area contributed by atoms with Gasteiger partial charge in [-0.15, -0.1) is 12.4 Å². The van der Waals surface area contributed by atoms with Crippen LogP contribution in [0.2, 0.25) is 0 Å². The third-order valence-corrected chi connectivity index (χ3v) is 2.66. The summed E-state index contributed by atoms with van der Waals surface area (Å²) in [5.74, 6) is 0.222. The van der Waals surface area contributed by atoms with Gasteiger partial charge in [0, 0.05) is 25.1 Å². The van der Waals surface area contributed by atoms with Crippen molar-refractivity contribution in [2.75, 3.05) is 24.7 Å². The maximum Gasteiger partial charge on any atom is 0.224 e. The summed E-state index contributed by atoms with van der Waals surface area (Å²) in [6.45, 7) is 2.61. The average Bonchev–Trinajstić information content (AvgIpc) is 2.43. The van der Waals surface area contributed by atoms with Crippen molar-refractivity contribution in [1.29, 1.82) is 0 Å². The Morgan fingerprint density at radius 1 is 1.24 bits per heavy atom. The van der Waals surface area contributed by atoms with E-state index in [1.54, 1.807) is 18.2 Å². The van der Waals surface area contributed by atoms with E-state index in [-0.39, 0.29) is 37.1 Å². The second-order valence-electron chi connectivity index (χ2n) is 4.35. The van der Waals surface area contributed by atoms with E-state index in [2.05, 4.69) is 10.6 Å². The van der Waals surface area contributed by atoms with Gasteiger partial charge in [0.25, 0.3) is 0 Å². The number of nitrogens with two attached hydrogens (primary N) is 1. The van der Waals surface area contributed by atoms with Gasteiger partial charge in [0.05, 0.1) is 12.8 Å². The molecule has 0 unspecified atom stereocenters. The van der Waals surface area contributed by atoms with Gasteiger partial charge >= 0.3 is 0 Å². The normalized spacial score (nSPS) is 9.43. The molecule has 0 spiro atoms. The zero-order valence-corrected chi connectivity index (χ0v) is 13.1. The van der Waals surface area contributed by atoms with Gasteiger partial charge in [0.2, 0.25) is 11.8 Å². The Balaban J connectivity index is 0.00000400. The number of nitrogen functional groups attached to an aromatic ring is 1. The molecule has 1 rings (SSSR count). The summed E-state index contributed by atoms with van der Waals surface area (Å²) in [6, 6.07) is 5.00. The van der Waals surface area contributed by atoms with Crippen LogP contribution in [0.3, 0.4) is 0 Å². The van der Waals surface area contributed by atoms with Crippen LogP contribution in [-0.4, -0.2) is 25.5 Å². The molecule has 118 valence electrons. The first kappa shape index (κ1) is 19.1. The highest BCUT2D eigenvalue weighted by Gasteiger charge is 2.08. The van der Waals surface area contributed by atoms with Gasteiger partial charge < -0.3 is 21.1 Å². The molecular formula is C14H22ClN3O3. The molecular weight excluding hydrogens is 294 g/mol. The fourth-order valence-electron chi connectivity index (χ4n) is 1.62. The lowest BCUT2D eigenvalue weighted by Crippen LogP contribution is -2.25. The van der Waals surface area contributed by atoms with E-state index < -0.39 is 0 Å². The molecule has 0 saturated heterocycles. The standard InChI is InChI=1S/C14H21N3O3.ClH/c1-3-8-16-13(18)6-7-14(19)17-10-4-5-12(20-2)11(15)9-10;/h4-5,9H,3,6-8,15H2,1-2H3,(H,16,18)(H,17,19);1H. The quantitative estimate of drug-likeness (QED) is 0.670. The van der Waals surface area contributed by atoms with Gasteiger partial charge in [-0.3, -0.25) is 9.59 Å². The van der Waals surface area contributed by atoms with E-state index in [1.165, 1.54) is 7.11 Å². The third-order valence-electron chi connectivity index (χ3n) is 2.66. The smallest absolute Gasteiger partial charge is 0.224 e. The van der Waals surface area contributed by atoms with Crippen LogP contribution >= 0.6 is 12.4 Å². The number of hydrogen-bond donors (Lipinski definition) is 3. The zero-order valence-electron chi connectivity index (χ0n) is 12.3. The van der Waals surface area contributed by atoms with E-state index in [0.717, 1.165) is 6.42 Å². The van der Waals surface area contributed by atoms with Gasteiger partial charge in [-0.2, -0.15) is 0 Å².